The zero-order valence-corrected chi connectivity index (χ0v) is 17.4. The molecular formula is C21H23FN6OS. The number of benzene rings is 1. The van der Waals surface area contributed by atoms with Crippen LogP contribution >= 0.6 is 11.3 Å². The van der Waals surface area contributed by atoms with Gasteiger partial charge >= 0.3 is 0 Å². The van der Waals surface area contributed by atoms with Crippen LogP contribution in [0.25, 0.3) is 10.2 Å². The Hall–Kier alpha value is -2.81. The van der Waals surface area contributed by atoms with Gasteiger partial charge in [0.15, 0.2) is 5.13 Å². The molecule has 0 spiro atoms. The molecule has 0 N–H and O–H groups in total. The summed E-state index contributed by atoms with van der Waals surface area (Å²) in [6.45, 7) is 4.46. The summed E-state index contributed by atoms with van der Waals surface area (Å²) in [4.78, 5) is 32.4. The van der Waals surface area contributed by atoms with E-state index in [-0.39, 0.29) is 17.6 Å². The maximum Gasteiger partial charge on any atom is 0.225 e. The number of piperazine rings is 1. The first-order valence-corrected chi connectivity index (χ1v) is 11.1. The molecule has 156 valence electrons. The van der Waals surface area contributed by atoms with Gasteiger partial charge in [-0.05, 0) is 31.0 Å². The second-order valence-electron chi connectivity index (χ2n) is 7.71. The van der Waals surface area contributed by atoms with Crippen LogP contribution in [0.2, 0.25) is 0 Å². The van der Waals surface area contributed by atoms with Crippen molar-refractivity contribution in [1.82, 2.24) is 19.9 Å². The lowest BCUT2D eigenvalue weighted by molar-refractivity contribution is -0.136. The molecule has 4 heterocycles. The molecule has 7 nitrogen and oxygen atoms in total. The number of hydrogen-bond donors (Lipinski definition) is 0. The van der Waals surface area contributed by atoms with Gasteiger partial charge in [0.05, 0.1) is 4.70 Å². The molecular weight excluding hydrogens is 403 g/mol. The van der Waals surface area contributed by atoms with Crippen molar-refractivity contribution >= 4 is 38.5 Å². The van der Waals surface area contributed by atoms with E-state index in [9.17, 15) is 9.18 Å². The fraction of sp³-hybridized carbons (Fsp3) is 0.429. The number of carbonyl (C=O) groups excluding carboxylic acids is 1. The van der Waals surface area contributed by atoms with Gasteiger partial charge in [-0.2, -0.15) is 0 Å². The van der Waals surface area contributed by atoms with E-state index < -0.39 is 0 Å². The van der Waals surface area contributed by atoms with Crippen LogP contribution in [-0.4, -0.2) is 65.0 Å². The Morgan fingerprint density at radius 3 is 2.40 bits per heavy atom. The normalized spacial score (nSPS) is 18.2. The van der Waals surface area contributed by atoms with Gasteiger partial charge in [0.25, 0.3) is 0 Å². The highest BCUT2D eigenvalue weighted by molar-refractivity contribution is 7.22. The number of rotatable bonds is 3. The molecule has 0 saturated carbocycles. The van der Waals surface area contributed by atoms with Crippen LogP contribution in [0.3, 0.4) is 0 Å². The summed E-state index contributed by atoms with van der Waals surface area (Å²) in [5, 5.41) is 0.845. The van der Waals surface area contributed by atoms with Gasteiger partial charge in [0.2, 0.25) is 11.9 Å². The van der Waals surface area contributed by atoms with Gasteiger partial charge in [-0.3, -0.25) is 4.79 Å². The quantitative estimate of drug-likeness (QED) is 0.642. The predicted octanol–water partition coefficient (Wildman–Crippen LogP) is 2.79. The molecule has 0 unspecified atom stereocenters. The summed E-state index contributed by atoms with van der Waals surface area (Å²) in [6, 6.07) is 6.87. The molecule has 0 atom stereocenters. The lowest BCUT2D eigenvalue weighted by Gasteiger charge is -2.38. The first-order valence-electron chi connectivity index (χ1n) is 10.3. The highest BCUT2D eigenvalue weighted by atomic mass is 32.1. The van der Waals surface area contributed by atoms with E-state index in [0.29, 0.717) is 18.6 Å². The van der Waals surface area contributed by atoms with Crippen LogP contribution < -0.4 is 9.80 Å². The number of piperidine rings is 1. The van der Waals surface area contributed by atoms with Gasteiger partial charge in [-0.15, -0.1) is 0 Å². The van der Waals surface area contributed by atoms with Crippen LogP contribution in [0.4, 0.5) is 15.5 Å². The molecule has 2 aliphatic rings. The first kappa shape index (κ1) is 19.2. The zero-order chi connectivity index (χ0) is 20.5. The minimum atomic E-state index is -0.278. The molecule has 0 bridgehead atoms. The maximum atomic E-state index is 13.9. The summed E-state index contributed by atoms with van der Waals surface area (Å²) in [5.74, 6) is 0.746. The number of fused-ring (bicyclic) bond motifs is 1. The van der Waals surface area contributed by atoms with E-state index in [4.69, 9.17) is 0 Å². The lowest BCUT2D eigenvalue weighted by Crippen LogP contribution is -2.52. The van der Waals surface area contributed by atoms with Crippen molar-refractivity contribution < 1.29 is 9.18 Å². The Labute approximate surface area is 178 Å². The molecule has 30 heavy (non-hydrogen) atoms. The Bertz CT molecular complexity index is 1030. The maximum absolute atomic E-state index is 13.9. The molecule has 5 rings (SSSR count). The molecule has 2 aromatic heterocycles. The van der Waals surface area contributed by atoms with E-state index in [1.165, 1.54) is 17.4 Å². The van der Waals surface area contributed by atoms with Crippen LogP contribution in [0, 0.1) is 11.7 Å². The smallest absolute Gasteiger partial charge is 0.225 e. The molecule has 2 saturated heterocycles. The van der Waals surface area contributed by atoms with Crippen molar-refractivity contribution in [3.8, 4) is 0 Å². The molecule has 0 radical (unpaired) electrons. The van der Waals surface area contributed by atoms with E-state index >= 15 is 0 Å². The zero-order valence-electron chi connectivity index (χ0n) is 16.6. The van der Waals surface area contributed by atoms with Gasteiger partial charge in [-0.1, -0.05) is 17.4 Å². The van der Waals surface area contributed by atoms with Crippen molar-refractivity contribution in [3.63, 3.8) is 0 Å². The number of nitrogens with zero attached hydrogens (tertiary/aromatic N) is 6. The molecule has 1 aromatic carbocycles. The molecule has 2 fully saturated rings. The van der Waals surface area contributed by atoms with Gasteiger partial charge in [-0.25, -0.2) is 19.3 Å². The van der Waals surface area contributed by atoms with E-state index in [2.05, 4.69) is 24.8 Å². The van der Waals surface area contributed by atoms with Crippen molar-refractivity contribution in [2.75, 3.05) is 49.1 Å². The molecule has 2 aliphatic heterocycles. The van der Waals surface area contributed by atoms with Crippen LogP contribution in [0.15, 0.2) is 36.7 Å². The molecule has 3 aromatic rings. The van der Waals surface area contributed by atoms with Crippen molar-refractivity contribution in [2.45, 2.75) is 12.8 Å². The summed E-state index contributed by atoms with van der Waals surface area (Å²) in [7, 11) is 0. The number of carbonyl (C=O) groups is 1. The average Bonchev–Trinajstić information content (AvgIpc) is 3.25. The van der Waals surface area contributed by atoms with Crippen LogP contribution in [0.5, 0.6) is 0 Å². The lowest BCUT2D eigenvalue weighted by atomic mass is 9.95. The highest BCUT2D eigenvalue weighted by Crippen LogP contribution is 2.33. The third-order valence-electron chi connectivity index (χ3n) is 5.90. The third kappa shape index (κ3) is 3.69. The number of anilines is 2. The van der Waals surface area contributed by atoms with E-state index in [1.807, 2.05) is 11.0 Å². The largest absolute Gasteiger partial charge is 0.348 e. The van der Waals surface area contributed by atoms with Gasteiger partial charge < -0.3 is 14.7 Å². The number of thiazole rings is 1. The molecule has 9 heteroatoms. The molecule has 0 aliphatic carbocycles. The number of halogens is 1. The third-order valence-corrected chi connectivity index (χ3v) is 6.98. The minimum absolute atomic E-state index is 0.0480. The first-order chi connectivity index (χ1) is 14.7. The van der Waals surface area contributed by atoms with E-state index in [1.54, 1.807) is 24.5 Å². The standard InChI is InChI=1S/C21H23FN6OS/c22-16-3-1-4-17-18(16)25-21(30-17)28-9-5-15(6-10-28)19(29)26-11-13-27(14-12-26)20-23-7-2-8-24-20/h1-4,7-8,15H,5-6,9-14H2. The Balaban J connectivity index is 1.16. The molecule has 1 amide bonds. The summed E-state index contributed by atoms with van der Waals surface area (Å²) >= 11 is 1.52. The Morgan fingerprint density at radius 2 is 1.70 bits per heavy atom. The SMILES string of the molecule is O=C(C1CCN(c2nc3c(F)cccc3s2)CC1)N1CCN(c2ncccn2)CC1. The van der Waals surface area contributed by atoms with Crippen molar-refractivity contribution in [2.24, 2.45) is 5.92 Å². The monoisotopic (exact) mass is 426 g/mol. The second-order valence-corrected chi connectivity index (χ2v) is 8.71. The summed E-state index contributed by atoms with van der Waals surface area (Å²) in [5.41, 5.74) is 0.441. The van der Waals surface area contributed by atoms with Gasteiger partial charge in [0, 0.05) is 57.6 Å². The Morgan fingerprint density at radius 1 is 0.967 bits per heavy atom. The number of hydrogen-bond acceptors (Lipinski definition) is 7. The Kier molecular flexibility index (Phi) is 5.20. The summed E-state index contributed by atoms with van der Waals surface area (Å²) in [6.07, 6.45) is 5.10. The topological polar surface area (TPSA) is 65.5 Å². The van der Waals surface area contributed by atoms with Crippen molar-refractivity contribution in [3.05, 3.63) is 42.5 Å². The van der Waals surface area contributed by atoms with Crippen LogP contribution in [0.1, 0.15) is 12.8 Å². The minimum Gasteiger partial charge on any atom is -0.348 e. The van der Waals surface area contributed by atoms with E-state index in [0.717, 1.165) is 54.8 Å². The second kappa shape index (κ2) is 8.14. The fourth-order valence-corrected chi connectivity index (χ4v) is 5.23. The predicted molar refractivity (Wildman–Crippen MR) is 115 cm³/mol. The highest BCUT2D eigenvalue weighted by Gasteiger charge is 2.31. The van der Waals surface area contributed by atoms with Crippen molar-refractivity contribution in [1.29, 1.82) is 0 Å². The van der Waals surface area contributed by atoms with Gasteiger partial charge in [0.1, 0.15) is 11.3 Å². The fourth-order valence-electron chi connectivity index (χ4n) is 4.20. The number of para-hydroxylation sites is 1. The number of aromatic nitrogens is 3. The number of amides is 1. The summed E-state index contributed by atoms with van der Waals surface area (Å²) < 4.78 is 14.8. The van der Waals surface area contributed by atoms with Crippen LogP contribution in [-0.2, 0) is 4.79 Å². The average molecular weight is 427 g/mol.